The number of imide groups is 1. The molecular formula is C26H21NO8. The van der Waals surface area contributed by atoms with E-state index in [1.54, 1.807) is 26.0 Å². The molecular weight excluding hydrogens is 454 g/mol. The lowest BCUT2D eigenvalue weighted by Crippen LogP contribution is -2.32. The van der Waals surface area contributed by atoms with Gasteiger partial charge in [-0.3, -0.25) is 14.4 Å². The predicted octanol–water partition coefficient (Wildman–Crippen LogP) is 3.57. The van der Waals surface area contributed by atoms with Crippen LogP contribution in [0.4, 0.5) is 5.69 Å². The fraction of sp³-hybridized carbons (Fsp3) is 0.192. The number of hydrogen-bond acceptors (Lipinski definition) is 7. The van der Waals surface area contributed by atoms with E-state index in [1.807, 2.05) is 0 Å². The maximum Gasteiger partial charge on any atom is 0.340 e. The van der Waals surface area contributed by atoms with Gasteiger partial charge in [-0.05, 0) is 42.7 Å². The molecule has 35 heavy (non-hydrogen) atoms. The van der Waals surface area contributed by atoms with E-state index in [0.717, 1.165) is 4.90 Å². The van der Waals surface area contributed by atoms with Crippen LogP contribution in [0.5, 0.6) is 0 Å². The number of rotatable bonds is 7. The Morgan fingerprint density at radius 2 is 1.20 bits per heavy atom. The summed E-state index contributed by atoms with van der Waals surface area (Å²) in [6, 6.07) is 12.2. The minimum atomic E-state index is -1.06. The van der Waals surface area contributed by atoms with Gasteiger partial charge in [0.2, 0.25) is 0 Å². The first kappa shape index (κ1) is 23.6. The zero-order valence-electron chi connectivity index (χ0n) is 19.0. The second kappa shape index (κ2) is 9.38. The van der Waals surface area contributed by atoms with Crippen molar-refractivity contribution in [3.05, 3.63) is 76.3 Å². The van der Waals surface area contributed by atoms with Gasteiger partial charge in [0.25, 0.3) is 11.8 Å². The van der Waals surface area contributed by atoms with Gasteiger partial charge in [-0.15, -0.1) is 0 Å². The molecule has 1 aromatic rings. The lowest BCUT2D eigenvalue weighted by atomic mass is 10.1. The lowest BCUT2D eigenvalue weighted by molar-refractivity contribution is -0.136. The first-order valence-corrected chi connectivity index (χ1v) is 10.9. The van der Waals surface area contributed by atoms with Gasteiger partial charge in [0.1, 0.15) is 0 Å². The van der Waals surface area contributed by atoms with Crippen molar-refractivity contribution in [1.29, 1.82) is 0 Å². The van der Waals surface area contributed by atoms with Crippen LogP contribution in [0, 0.1) is 0 Å². The van der Waals surface area contributed by atoms with Gasteiger partial charge in [0.05, 0.1) is 47.6 Å². The average Bonchev–Trinajstić information content (AvgIpc) is 3.17. The van der Waals surface area contributed by atoms with Crippen molar-refractivity contribution >= 4 is 35.4 Å². The highest BCUT2D eigenvalue weighted by molar-refractivity contribution is 6.37. The van der Waals surface area contributed by atoms with Crippen molar-refractivity contribution < 1.29 is 38.6 Å². The molecule has 1 heterocycles. The van der Waals surface area contributed by atoms with E-state index >= 15 is 0 Å². The largest absolute Gasteiger partial charge is 0.481 e. The summed E-state index contributed by atoms with van der Waals surface area (Å²) in [5.74, 6) is -4.11. The van der Waals surface area contributed by atoms with Crippen LogP contribution in [-0.2, 0) is 20.7 Å². The number of carboxylic acids is 1. The Bertz CT molecular complexity index is 1270. The molecule has 2 amide bonds. The topological polar surface area (TPSA) is 127 Å². The number of fused-ring (bicyclic) bond motifs is 2. The molecule has 4 rings (SSSR count). The minimum Gasteiger partial charge on any atom is -0.481 e. The molecule has 0 fully saturated rings. The molecule has 0 atom stereocenters. The number of aliphatic carboxylic acids is 1. The number of esters is 2. The molecule has 0 saturated carbocycles. The van der Waals surface area contributed by atoms with Crippen molar-refractivity contribution in [2.45, 2.75) is 20.3 Å². The molecule has 3 aliphatic rings. The maximum atomic E-state index is 13.3. The molecule has 9 heteroatoms. The summed E-state index contributed by atoms with van der Waals surface area (Å²) in [6.45, 7) is 3.21. The summed E-state index contributed by atoms with van der Waals surface area (Å²) >= 11 is 0. The zero-order chi connectivity index (χ0) is 25.3. The Balaban J connectivity index is 2.06. The van der Waals surface area contributed by atoms with Crippen LogP contribution in [0.25, 0.3) is 11.1 Å². The van der Waals surface area contributed by atoms with Crippen LogP contribution >= 0.6 is 0 Å². The van der Waals surface area contributed by atoms with E-state index in [-0.39, 0.29) is 58.7 Å². The predicted molar refractivity (Wildman–Crippen MR) is 124 cm³/mol. The monoisotopic (exact) mass is 475 g/mol. The van der Waals surface area contributed by atoms with Crippen LogP contribution in [0.1, 0.15) is 60.8 Å². The van der Waals surface area contributed by atoms with Crippen LogP contribution in [0.15, 0.2) is 48.5 Å². The number of benzene rings is 1. The SMILES string of the molecule is CCOC(=O)c1c2ccc(CC(=O)O)ccc-2c(C(=O)OCC)c1N1C(=O)c2ccccc2C1=O. The van der Waals surface area contributed by atoms with Gasteiger partial charge in [0.15, 0.2) is 0 Å². The molecule has 0 spiro atoms. The molecule has 0 aromatic heterocycles. The number of carbonyl (C=O) groups is 5. The third-order valence-corrected chi connectivity index (χ3v) is 5.56. The molecule has 0 saturated heterocycles. The average molecular weight is 475 g/mol. The number of hydrogen-bond donors (Lipinski definition) is 1. The Hall–Kier alpha value is -4.53. The summed E-state index contributed by atoms with van der Waals surface area (Å²) in [6.07, 6.45) is -0.286. The van der Waals surface area contributed by atoms with E-state index in [1.165, 1.54) is 36.4 Å². The van der Waals surface area contributed by atoms with Crippen molar-refractivity contribution in [3.8, 4) is 11.1 Å². The summed E-state index contributed by atoms with van der Waals surface area (Å²) in [5.41, 5.74) is 0.608. The number of nitrogens with zero attached hydrogens (tertiary/aromatic N) is 1. The van der Waals surface area contributed by atoms with E-state index in [2.05, 4.69) is 0 Å². The molecule has 2 aliphatic carbocycles. The Labute approximate surface area is 200 Å². The highest BCUT2D eigenvalue weighted by atomic mass is 16.5. The van der Waals surface area contributed by atoms with Gasteiger partial charge in [-0.25, -0.2) is 14.5 Å². The summed E-state index contributed by atoms with van der Waals surface area (Å²) in [7, 11) is 0. The smallest absolute Gasteiger partial charge is 0.340 e. The first-order valence-electron chi connectivity index (χ1n) is 10.9. The highest BCUT2D eigenvalue weighted by Crippen LogP contribution is 2.45. The minimum absolute atomic E-state index is 0.00499. The maximum absolute atomic E-state index is 13.3. The zero-order valence-corrected chi connectivity index (χ0v) is 19.0. The van der Waals surface area contributed by atoms with Crippen molar-refractivity contribution in [2.24, 2.45) is 0 Å². The van der Waals surface area contributed by atoms with E-state index in [9.17, 15) is 24.0 Å². The summed E-state index contributed by atoms with van der Waals surface area (Å²) in [5, 5.41) is 9.16. The van der Waals surface area contributed by atoms with Gasteiger partial charge < -0.3 is 14.6 Å². The van der Waals surface area contributed by atoms with E-state index < -0.39 is 29.7 Å². The Kier molecular flexibility index (Phi) is 6.33. The van der Waals surface area contributed by atoms with E-state index in [4.69, 9.17) is 14.6 Å². The number of ether oxygens (including phenoxy) is 2. The van der Waals surface area contributed by atoms with E-state index in [0.29, 0.717) is 5.56 Å². The van der Waals surface area contributed by atoms with Gasteiger partial charge >= 0.3 is 17.9 Å². The first-order chi connectivity index (χ1) is 16.8. The van der Waals surface area contributed by atoms with Crippen LogP contribution in [0.3, 0.4) is 0 Å². The standard InChI is InChI=1S/C26H21NO8/c1-3-34-25(32)20-15-11-9-14(13-19(28)29)10-12-16(15)21(26(33)35-4-2)22(20)27-23(30)17-7-5-6-8-18(17)24(27)31/h5-12H,3-4,13H2,1-2H3,(H,28,29). The fourth-order valence-electron chi connectivity index (χ4n) is 4.16. The van der Waals surface area contributed by atoms with Gasteiger partial charge in [0, 0.05) is 0 Å². The molecule has 178 valence electrons. The van der Waals surface area contributed by atoms with Crippen molar-refractivity contribution in [3.63, 3.8) is 0 Å². The molecule has 1 N–H and O–H groups in total. The molecule has 0 radical (unpaired) electrons. The molecule has 9 nitrogen and oxygen atoms in total. The summed E-state index contributed by atoms with van der Waals surface area (Å²) < 4.78 is 10.5. The number of amides is 2. The van der Waals surface area contributed by atoms with Crippen LogP contribution in [-0.4, -0.2) is 48.0 Å². The number of anilines is 1. The molecule has 1 aliphatic heterocycles. The lowest BCUT2D eigenvalue weighted by Gasteiger charge is -2.17. The third kappa shape index (κ3) is 4.01. The number of carboxylic acid groups (broad SMARTS) is 1. The fourth-order valence-corrected chi connectivity index (χ4v) is 4.16. The Morgan fingerprint density at radius 1 is 0.743 bits per heavy atom. The normalized spacial score (nSPS) is 12.6. The van der Waals surface area contributed by atoms with Crippen LogP contribution in [0.2, 0.25) is 0 Å². The third-order valence-electron chi connectivity index (χ3n) is 5.56. The quantitative estimate of drug-likeness (QED) is 0.406. The number of carbonyl (C=O) groups excluding carboxylic acids is 4. The molecule has 0 unspecified atom stereocenters. The highest BCUT2D eigenvalue weighted by Gasteiger charge is 2.44. The summed E-state index contributed by atoms with van der Waals surface area (Å²) in [4.78, 5) is 65.0. The second-order valence-corrected chi connectivity index (χ2v) is 7.67. The van der Waals surface area contributed by atoms with Gasteiger partial charge in [-0.1, -0.05) is 36.4 Å². The Morgan fingerprint density at radius 3 is 1.60 bits per heavy atom. The van der Waals surface area contributed by atoms with Crippen molar-refractivity contribution in [1.82, 2.24) is 0 Å². The molecule has 1 aromatic carbocycles. The van der Waals surface area contributed by atoms with Crippen molar-refractivity contribution in [2.75, 3.05) is 18.1 Å². The van der Waals surface area contributed by atoms with Crippen LogP contribution < -0.4 is 4.90 Å². The molecule has 0 bridgehead atoms. The van der Waals surface area contributed by atoms with Gasteiger partial charge in [-0.2, -0.15) is 0 Å². The second-order valence-electron chi connectivity index (χ2n) is 7.67.